The Kier molecular flexibility index (Phi) is 7.72. The van der Waals surface area contributed by atoms with Crippen LogP contribution in [0.15, 0.2) is 78.0 Å². The van der Waals surface area contributed by atoms with E-state index in [0.29, 0.717) is 22.5 Å². The Morgan fingerprint density at radius 1 is 1.03 bits per heavy atom. The number of methoxy groups -OCH3 is 1. The summed E-state index contributed by atoms with van der Waals surface area (Å²) in [6, 6.07) is 22.8. The fourth-order valence-electron chi connectivity index (χ4n) is 3.23. The molecule has 0 saturated carbocycles. The Morgan fingerprint density at radius 2 is 1.79 bits per heavy atom. The van der Waals surface area contributed by atoms with Crippen LogP contribution in [-0.2, 0) is 11.3 Å². The summed E-state index contributed by atoms with van der Waals surface area (Å²) in [4.78, 5) is 12.5. The largest absolute Gasteiger partial charge is 0.497 e. The predicted molar refractivity (Wildman–Crippen MR) is 137 cm³/mol. The molecule has 0 bridgehead atoms. The Morgan fingerprint density at radius 3 is 2.50 bits per heavy atom. The molecule has 4 rings (SSSR count). The lowest BCUT2D eigenvalue weighted by Crippen LogP contribution is -2.14. The Bertz CT molecular complexity index is 1260. The summed E-state index contributed by atoms with van der Waals surface area (Å²) in [5, 5.41) is 16.3. The van der Waals surface area contributed by atoms with Crippen LogP contribution in [0.5, 0.6) is 5.75 Å². The molecule has 0 atom stereocenters. The summed E-state index contributed by atoms with van der Waals surface area (Å²) in [6.07, 6.45) is 0. The third kappa shape index (κ3) is 5.89. The van der Waals surface area contributed by atoms with Gasteiger partial charge in [0.25, 0.3) is 0 Å². The maximum Gasteiger partial charge on any atom is 0.234 e. The molecule has 0 radical (unpaired) electrons. The number of aryl methyl sites for hydroxylation is 1. The third-order valence-electron chi connectivity index (χ3n) is 5.04. The first-order valence-corrected chi connectivity index (χ1v) is 12.0. The number of para-hydroxylation sites is 1. The lowest BCUT2D eigenvalue weighted by Gasteiger charge is -2.12. The first kappa shape index (κ1) is 23.7. The van der Waals surface area contributed by atoms with E-state index in [1.165, 1.54) is 11.8 Å². The van der Waals surface area contributed by atoms with E-state index in [1.54, 1.807) is 7.11 Å². The summed E-state index contributed by atoms with van der Waals surface area (Å²) in [7, 11) is 1.63. The third-order valence-corrected chi connectivity index (χ3v) is 6.38. The van der Waals surface area contributed by atoms with Crippen molar-refractivity contribution in [3.63, 3.8) is 0 Å². The number of carbonyl (C=O) groups excluding carboxylic acids is 1. The first-order valence-electron chi connectivity index (χ1n) is 10.6. The standard InChI is InChI=1S/C25H24ClN5O2S/c1-17-8-9-19(14-22(17)26)27-15-23-29-30-25(31(23)20-10-12-21(33-2)13-11-20)34-16-24(32)28-18-6-4-3-5-7-18/h3-14,27H,15-16H2,1-2H3,(H,28,32). The van der Waals surface area contributed by atoms with Crippen molar-refractivity contribution in [2.45, 2.75) is 18.6 Å². The van der Waals surface area contributed by atoms with Crippen molar-refractivity contribution < 1.29 is 9.53 Å². The average Bonchev–Trinajstić information content (AvgIpc) is 3.27. The first-order chi connectivity index (χ1) is 16.5. The van der Waals surface area contributed by atoms with E-state index in [0.717, 1.165) is 28.4 Å². The molecule has 9 heteroatoms. The molecule has 0 unspecified atom stereocenters. The molecular formula is C25H24ClN5O2S. The predicted octanol–water partition coefficient (Wildman–Crippen LogP) is 5.58. The van der Waals surface area contributed by atoms with Crippen molar-refractivity contribution in [1.29, 1.82) is 0 Å². The van der Waals surface area contributed by atoms with Gasteiger partial charge in [-0.15, -0.1) is 10.2 Å². The van der Waals surface area contributed by atoms with Gasteiger partial charge in [0.05, 0.1) is 19.4 Å². The maximum atomic E-state index is 12.5. The van der Waals surface area contributed by atoms with Gasteiger partial charge in [0.1, 0.15) is 5.75 Å². The van der Waals surface area contributed by atoms with Crippen LogP contribution in [0, 0.1) is 6.92 Å². The second-order valence-electron chi connectivity index (χ2n) is 7.45. The van der Waals surface area contributed by atoms with Gasteiger partial charge in [-0.25, -0.2) is 0 Å². The summed E-state index contributed by atoms with van der Waals surface area (Å²) in [5.41, 5.74) is 3.53. The molecule has 0 fully saturated rings. The molecule has 0 aliphatic carbocycles. The molecule has 0 spiro atoms. The van der Waals surface area contributed by atoms with Crippen molar-refractivity contribution in [3.05, 3.63) is 89.2 Å². The van der Waals surface area contributed by atoms with Crippen molar-refractivity contribution in [3.8, 4) is 11.4 Å². The number of amides is 1. The molecule has 174 valence electrons. The molecule has 0 aliphatic rings. The second-order valence-corrected chi connectivity index (χ2v) is 8.80. The number of ether oxygens (including phenoxy) is 1. The van der Waals surface area contributed by atoms with Crippen molar-refractivity contribution >= 4 is 40.6 Å². The van der Waals surface area contributed by atoms with Crippen LogP contribution in [0.1, 0.15) is 11.4 Å². The number of rotatable bonds is 9. The zero-order valence-corrected chi connectivity index (χ0v) is 20.4. The second kappa shape index (κ2) is 11.1. The molecule has 34 heavy (non-hydrogen) atoms. The van der Waals surface area contributed by atoms with Gasteiger partial charge in [0, 0.05) is 22.1 Å². The molecule has 1 aromatic heterocycles. The van der Waals surface area contributed by atoms with Crippen LogP contribution < -0.4 is 15.4 Å². The van der Waals surface area contributed by atoms with E-state index < -0.39 is 0 Å². The minimum Gasteiger partial charge on any atom is -0.497 e. The topological polar surface area (TPSA) is 81.1 Å². The minimum absolute atomic E-state index is 0.116. The molecule has 0 saturated heterocycles. The highest BCUT2D eigenvalue weighted by molar-refractivity contribution is 7.99. The molecule has 2 N–H and O–H groups in total. The van der Waals surface area contributed by atoms with Gasteiger partial charge in [-0.2, -0.15) is 0 Å². The molecular weight excluding hydrogens is 470 g/mol. The Balaban J connectivity index is 1.53. The van der Waals surface area contributed by atoms with E-state index in [-0.39, 0.29) is 11.7 Å². The molecule has 1 heterocycles. The number of anilines is 2. The highest BCUT2D eigenvalue weighted by Crippen LogP contribution is 2.25. The van der Waals surface area contributed by atoms with E-state index >= 15 is 0 Å². The average molecular weight is 494 g/mol. The van der Waals surface area contributed by atoms with Gasteiger partial charge in [0.2, 0.25) is 5.91 Å². The van der Waals surface area contributed by atoms with Crippen LogP contribution in [-0.4, -0.2) is 33.5 Å². The smallest absolute Gasteiger partial charge is 0.234 e. The van der Waals surface area contributed by atoms with Gasteiger partial charge in [-0.1, -0.05) is 47.6 Å². The highest BCUT2D eigenvalue weighted by atomic mass is 35.5. The van der Waals surface area contributed by atoms with Crippen LogP contribution in [0.4, 0.5) is 11.4 Å². The Hall–Kier alpha value is -3.49. The number of nitrogens with zero attached hydrogens (tertiary/aromatic N) is 3. The monoisotopic (exact) mass is 493 g/mol. The van der Waals surface area contributed by atoms with Gasteiger partial charge >= 0.3 is 0 Å². The number of halogens is 1. The number of thioether (sulfide) groups is 1. The van der Waals surface area contributed by atoms with E-state index in [1.807, 2.05) is 84.3 Å². The van der Waals surface area contributed by atoms with Crippen LogP contribution >= 0.6 is 23.4 Å². The van der Waals surface area contributed by atoms with Crippen molar-refractivity contribution in [2.75, 3.05) is 23.5 Å². The molecule has 1 amide bonds. The summed E-state index contributed by atoms with van der Waals surface area (Å²) in [6.45, 7) is 2.39. The number of carbonyl (C=O) groups is 1. The van der Waals surface area contributed by atoms with E-state index in [2.05, 4.69) is 20.8 Å². The van der Waals surface area contributed by atoms with Gasteiger partial charge in [0.15, 0.2) is 11.0 Å². The molecule has 4 aromatic rings. The number of benzene rings is 3. The number of hydrogen-bond acceptors (Lipinski definition) is 6. The quantitative estimate of drug-likeness (QED) is 0.296. The molecule has 7 nitrogen and oxygen atoms in total. The zero-order valence-electron chi connectivity index (χ0n) is 18.8. The fourth-order valence-corrected chi connectivity index (χ4v) is 4.18. The zero-order chi connectivity index (χ0) is 23.9. The molecule has 0 aliphatic heterocycles. The van der Waals surface area contributed by atoms with Gasteiger partial charge < -0.3 is 15.4 Å². The molecule has 3 aromatic carbocycles. The van der Waals surface area contributed by atoms with Gasteiger partial charge in [-0.3, -0.25) is 9.36 Å². The van der Waals surface area contributed by atoms with Gasteiger partial charge in [-0.05, 0) is 61.0 Å². The number of aromatic nitrogens is 3. The maximum absolute atomic E-state index is 12.5. The minimum atomic E-state index is -0.116. The van der Waals surface area contributed by atoms with Crippen molar-refractivity contribution in [1.82, 2.24) is 14.8 Å². The van der Waals surface area contributed by atoms with E-state index in [4.69, 9.17) is 16.3 Å². The Labute approximate surface area is 207 Å². The fraction of sp³-hybridized carbons (Fsp3) is 0.160. The normalized spacial score (nSPS) is 10.7. The lowest BCUT2D eigenvalue weighted by molar-refractivity contribution is -0.113. The van der Waals surface area contributed by atoms with Crippen LogP contribution in [0.2, 0.25) is 5.02 Å². The summed E-state index contributed by atoms with van der Waals surface area (Å²) in [5.74, 6) is 1.54. The highest BCUT2D eigenvalue weighted by Gasteiger charge is 2.16. The SMILES string of the molecule is COc1ccc(-n2c(CNc3ccc(C)c(Cl)c3)nnc2SCC(=O)Nc2ccccc2)cc1. The van der Waals surface area contributed by atoms with Crippen LogP contribution in [0.3, 0.4) is 0 Å². The summed E-state index contributed by atoms with van der Waals surface area (Å²) >= 11 is 7.58. The number of nitrogens with one attached hydrogen (secondary N) is 2. The lowest BCUT2D eigenvalue weighted by atomic mass is 10.2. The summed E-state index contributed by atoms with van der Waals surface area (Å²) < 4.78 is 7.22. The van der Waals surface area contributed by atoms with E-state index in [9.17, 15) is 4.79 Å². The van der Waals surface area contributed by atoms with Crippen molar-refractivity contribution in [2.24, 2.45) is 0 Å². The number of hydrogen-bond donors (Lipinski definition) is 2. The van der Waals surface area contributed by atoms with Crippen LogP contribution in [0.25, 0.3) is 5.69 Å².